The smallest absolute Gasteiger partial charge is 0.190 e. The summed E-state index contributed by atoms with van der Waals surface area (Å²) < 4.78 is 0. The third kappa shape index (κ3) is 31.0. The second-order valence-electron chi connectivity index (χ2n) is 18.7. The van der Waals surface area contributed by atoms with E-state index in [9.17, 15) is 29.7 Å². The van der Waals surface area contributed by atoms with E-state index < -0.39 is 41.6 Å². The van der Waals surface area contributed by atoms with Crippen LogP contribution < -0.4 is 0 Å². The van der Waals surface area contributed by atoms with Crippen molar-refractivity contribution in [3.8, 4) is 0 Å². The standard InChI is InChI=1S/C55H102O6/c1-4-7-10-13-16-19-22-25-27-29-31-34-37-40-43-46-51(58)55(53(60)54(61,49-56)50-57,48-45-42-39-36-33-24-21-18-15-12-9-6-3)52(59)47-44-41-38-35-32-30-28-26-23-20-17-14-11-8-5-2/h25-28,56-57,61H,4-24,29-50H2,1-3H3. The van der Waals surface area contributed by atoms with Gasteiger partial charge in [0.2, 0.25) is 0 Å². The van der Waals surface area contributed by atoms with Crippen molar-refractivity contribution in [2.75, 3.05) is 13.2 Å². The van der Waals surface area contributed by atoms with Gasteiger partial charge in [0.15, 0.2) is 23.0 Å². The average molecular weight is 859 g/mol. The number of hydrogen-bond acceptors (Lipinski definition) is 6. The largest absolute Gasteiger partial charge is 0.393 e. The van der Waals surface area contributed by atoms with Crippen LogP contribution in [0.25, 0.3) is 0 Å². The fourth-order valence-electron chi connectivity index (χ4n) is 8.76. The summed E-state index contributed by atoms with van der Waals surface area (Å²) in [5, 5.41) is 31.4. The summed E-state index contributed by atoms with van der Waals surface area (Å²) in [6.07, 6.45) is 52.4. The van der Waals surface area contributed by atoms with Crippen LogP contribution in [0, 0.1) is 5.41 Å². The molecule has 0 aromatic heterocycles. The molecule has 0 unspecified atom stereocenters. The highest BCUT2D eigenvalue weighted by Crippen LogP contribution is 2.37. The number of unbranched alkanes of at least 4 members (excludes halogenated alkanes) is 33. The fourth-order valence-corrected chi connectivity index (χ4v) is 8.76. The molecule has 0 amide bonds. The minimum absolute atomic E-state index is 0.0411. The fraction of sp³-hybridized carbons (Fsp3) is 0.873. The normalized spacial score (nSPS) is 13.1. The molecule has 0 bridgehead atoms. The number of Topliss-reactive ketones (excluding diaryl/α,β-unsaturated/α-hetero) is 3. The van der Waals surface area contributed by atoms with Crippen molar-refractivity contribution < 1.29 is 29.7 Å². The van der Waals surface area contributed by atoms with Crippen molar-refractivity contribution in [2.24, 2.45) is 5.41 Å². The van der Waals surface area contributed by atoms with Crippen LogP contribution in [0.3, 0.4) is 0 Å². The van der Waals surface area contributed by atoms with Gasteiger partial charge in [0.1, 0.15) is 5.41 Å². The van der Waals surface area contributed by atoms with Crippen molar-refractivity contribution >= 4 is 17.3 Å². The molecule has 0 saturated heterocycles. The first kappa shape index (κ1) is 59.4. The zero-order valence-corrected chi connectivity index (χ0v) is 40.8. The molecule has 61 heavy (non-hydrogen) atoms. The molecule has 0 aliphatic heterocycles. The summed E-state index contributed by atoms with van der Waals surface area (Å²) in [5.41, 5.74) is -4.56. The molecule has 0 aliphatic carbocycles. The highest BCUT2D eigenvalue weighted by molar-refractivity contribution is 6.26. The number of aliphatic hydroxyl groups excluding tert-OH is 2. The van der Waals surface area contributed by atoms with Crippen molar-refractivity contribution in [3.05, 3.63) is 24.3 Å². The Kier molecular flexibility index (Phi) is 42.4. The van der Waals surface area contributed by atoms with Crippen molar-refractivity contribution in [2.45, 2.75) is 290 Å². The van der Waals surface area contributed by atoms with E-state index in [0.29, 0.717) is 19.3 Å². The Hall–Kier alpha value is -1.63. The van der Waals surface area contributed by atoms with Crippen molar-refractivity contribution in [3.63, 3.8) is 0 Å². The Bertz CT molecular complexity index is 1010. The summed E-state index contributed by atoms with van der Waals surface area (Å²) in [6, 6.07) is 0. The van der Waals surface area contributed by atoms with Crippen LogP contribution in [0.5, 0.6) is 0 Å². The summed E-state index contributed by atoms with van der Waals surface area (Å²) in [7, 11) is 0. The first-order chi connectivity index (χ1) is 29.8. The third-order valence-electron chi connectivity index (χ3n) is 13.0. The monoisotopic (exact) mass is 859 g/mol. The summed E-state index contributed by atoms with van der Waals surface area (Å²) >= 11 is 0. The molecule has 0 aromatic carbocycles. The zero-order valence-electron chi connectivity index (χ0n) is 40.8. The molecule has 358 valence electrons. The first-order valence-corrected chi connectivity index (χ1v) is 26.7. The Morgan fingerprint density at radius 2 is 0.607 bits per heavy atom. The van der Waals surface area contributed by atoms with Crippen LogP contribution in [0.15, 0.2) is 24.3 Å². The van der Waals surface area contributed by atoms with Gasteiger partial charge in [0.25, 0.3) is 0 Å². The molecule has 0 spiro atoms. The predicted molar refractivity (Wildman–Crippen MR) is 261 cm³/mol. The number of aliphatic hydroxyl groups is 3. The lowest BCUT2D eigenvalue weighted by molar-refractivity contribution is -0.166. The van der Waals surface area contributed by atoms with E-state index in [2.05, 4.69) is 45.1 Å². The van der Waals surface area contributed by atoms with Gasteiger partial charge in [-0.3, -0.25) is 14.4 Å². The molecule has 0 radical (unpaired) electrons. The second kappa shape index (κ2) is 43.6. The lowest BCUT2D eigenvalue weighted by Gasteiger charge is -2.36. The molecule has 0 heterocycles. The second-order valence-corrected chi connectivity index (χ2v) is 18.7. The Morgan fingerprint density at radius 1 is 0.361 bits per heavy atom. The van der Waals surface area contributed by atoms with Gasteiger partial charge in [0.05, 0.1) is 13.2 Å². The van der Waals surface area contributed by atoms with Crippen LogP contribution in [-0.4, -0.2) is 51.5 Å². The maximum Gasteiger partial charge on any atom is 0.190 e. The lowest BCUT2D eigenvalue weighted by atomic mass is 9.65. The number of allylic oxidation sites excluding steroid dienone is 4. The van der Waals surface area contributed by atoms with E-state index >= 15 is 0 Å². The predicted octanol–water partition coefficient (Wildman–Crippen LogP) is 15.6. The summed E-state index contributed by atoms with van der Waals surface area (Å²) in [6.45, 7) is 4.70. The number of ketones is 3. The highest BCUT2D eigenvalue weighted by Gasteiger charge is 2.56. The van der Waals surface area contributed by atoms with Gasteiger partial charge in [-0.25, -0.2) is 0 Å². The average Bonchev–Trinajstić information content (AvgIpc) is 3.27. The highest BCUT2D eigenvalue weighted by atomic mass is 16.4. The van der Waals surface area contributed by atoms with Crippen molar-refractivity contribution in [1.29, 1.82) is 0 Å². The van der Waals surface area contributed by atoms with Gasteiger partial charge >= 0.3 is 0 Å². The van der Waals surface area contributed by atoms with E-state index in [4.69, 9.17) is 0 Å². The Labute approximate surface area is 378 Å². The maximum absolute atomic E-state index is 14.3. The quantitative estimate of drug-likeness (QED) is 0.0319. The molecule has 6 nitrogen and oxygen atoms in total. The molecule has 0 rings (SSSR count). The number of rotatable bonds is 49. The molecular weight excluding hydrogens is 757 g/mol. The molecule has 0 atom stereocenters. The zero-order chi connectivity index (χ0) is 45.0. The summed E-state index contributed by atoms with van der Waals surface area (Å²) in [5.74, 6) is -1.86. The van der Waals surface area contributed by atoms with Gasteiger partial charge in [-0.15, -0.1) is 0 Å². The molecule has 3 N–H and O–H groups in total. The van der Waals surface area contributed by atoms with Gasteiger partial charge in [-0.1, -0.05) is 225 Å². The van der Waals surface area contributed by atoms with E-state index in [1.807, 2.05) is 0 Å². The summed E-state index contributed by atoms with van der Waals surface area (Å²) in [4.78, 5) is 42.9. The Balaban J connectivity index is 5.28. The number of carbonyl (C=O) groups is 3. The first-order valence-electron chi connectivity index (χ1n) is 26.7. The third-order valence-corrected chi connectivity index (χ3v) is 13.0. The van der Waals surface area contributed by atoms with Crippen LogP contribution in [0.2, 0.25) is 0 Å². The van der Waals surface area contributed by atoms with E-state index in [1.54, 1.807) is 0 Å². The molecule has 0 aliphatic rings. The number of hydrogen-bond donors (Lipinski definition) is 3. The van der Waals surface area contributed by atoms with Gasteiger partial charge in [-0.05, 0) is 70.6 Å². The van der Waals surface area contributed by atoms with Crippen LogP contribution >= 0.6 is 0 Å². The van der Waals surface area contributed by atoms with E-state index in [-0.39, 0.29) is 19.3 Å². The van der Waals surface area contributed by atoms with Crippen molar-refractivity contribution in [1.82, 2.24) is 0 Å². The van der Waals surface area contributed by atoms with E-state index in [1.165, 1.54) is 122 Å². The molecule has 0 fully saturated rings. The van der Waals surface area contributed by atoms with Gasteiger partial charge < -0.3 is 15.3 Å². The van der Waals surface area contributed by atoms with E-state index in [0.717, 1.165) is 103 Å². The SMILES string of the molecule is CCCCCCCCC=CCCCCCCCC(=O)C(CCCCCCCCCCCCCC)(C(=O)CCCCCCCC=CCCCCCCCC)C(=O)C(O)(CO)CO. The minimum Gasteiger partial charge on any atom is -0.393 e. The van der Waals surface area contributed by atoms with Crippen LogP contribution in [0.4, 0.5) is 0 Å². The topological polar surface area (TPSA) is 112 Å². The molecular formula is C55H102O6. The van der Waals surface area contributed by atoms with Gasteiger partial charge in [0, 0.05) is 12.8 Å². The lowest BCUT2D eigenvalue weighted by Crippen LogP contribution is -2.59. The number of carbonyl (C=O) groups excluding carboxylic acids is 3. The molecule has 0 saturated carbocycles. The Morgan fingerprint density at radius 3 is 0.885 bits per heavy atom. The minimum atomic E-state index is -2.53. The van der Waals surface area contributed by atoms with Crippen LogP contribution in [-0.2, 0) is 14.4 Å². The maximum atomic E-state index is 14.3. The molecule has 0 aromatic rings. The van der Waals surface area contributed by atoms with Crippen LogP contribution in [0.1, 0.15) is 284 Å². The van der Waals surface area contributed by atoms with Gasteiger partial charge in [-0.2, -0.15) is 0 Å². The molecule has 6 heteroatoms.